The van der Waals surface area contributed by atoms with Gasteiger partial charge in [-0.2, -0.15) is 0 Å². The molecular formula is C18H24Cl3NO2. The zero-order valence-electron chi connectivity index (χ0n) is 14.0. The highest BCUT2D eigenvalue weighted by molar-refractivity contribution is 6.35. The van der Waals surface area contributed by atoms with Crippen LogP contribution in [-0.4, -0.2) is 37.6 Å². The van der Waals surface area contributed by atoms with Crippen LogP contribution < -0.4 is 0 Å². The number of hydrogen-bond donors (Lipinski definition) is 0. The lowest BCUT2D eigenvalue weighted by molar-refractivity contribution is -0.147. The third-order valence-corrected chi connectivity index (χ3v) is 4.63. The molecule has 0 heterocycles. The number of esters is 1. The fourth-order valence-corrected chi connectivity index (χ4v) is 3.46. The SMILES string of the molecule is CN(C)CC1CCCCC1OC(=O)C=Cc1ccc(Cl)cc1Cl.Cl. The Bertz CT molecular complexity index is 575. The summed E-state index contributed by atoms with van der Waals surface area (Å²) in [6.45, 7) is 0.949. The molecule has 6 heteroatoms. The molecule has 1 aromatic carbocycles. The van der Waals surface area contributed by atoms with Crippen LogP contribution in [0.3, 0.4) is 0 Å². The second-order valence-corrected chi connectivity index (χ2v) is 7.12. The summed E-state index contributed by atoms with van der Waals surface area (Å²) in [6, 6.07) is 5.18. The van der Waals surface area contributed by atoms with Crippen LogP contribution in [-0.2, 0) is 9.53 Å². The first-order chi connectivity index (χ1) is 11.0. The van der Waals surface area contributed by atoms with Crippen LogP contribution in [0.5, 0.6) is 0 Å². The number of carbonyl (C=O) groups excluding carboxylic acids is 1. The Hall–Kier alpha value is -0.740. The van der Waals surface area contributed by atoms with Gasteiger partial charge in [-0.05, 0) is 57.1 Å². The van der Waals surface area contributed by atoms with Crippen LogP contribution in [0.1, 0.15) is 31.2 Å². The number of ether oxygens (including phenoxy) is 1. The topological polar surface area (TPSA) is 29.5 Å². The monoisotopic (exact) mass is 391 g/mol. The highest BCUT2D eigenvalue weighted by Gasteiger charge is 2.28. The third kappa shape index (κ3) is 6.64. The van der Waals surface area contributed by atoms with Gasteiger partial charge in [0.05, 0.1) is 0 Å². The van der Waals surface area contributed by atoms with Crippen molar-refractivity contribution in [2.24, 2.45) is 5.92 Å². The minimum atomic E-state index is -0.313. The van der Waals surface area contributed by atoms with E-state index >= 15 is 0 Å². The molecule has 0 saturated heterocycles. The molecule has 0 spiro atoms. The van der Waals surface area contributed by atoms with Gasteiger partial charge in [0, 0.05) is 28.6 Å². The first-order valence-electron chi connectivity index (χ1n) is 7.94. The fraction of sp³-hybridized carbons (Fsp3) is 0.500. The quantitative estimate of drug-likeness (QED) is 0.516. The summed E-state index contributed by atoms with van der Waals surface area (Å²) in [4.78, 5) is 14.3. The molecule has 0 aliphatic heterocycles. The molecule has 2 atom stereocenters. The lowest BCUT2D eigenvalue weighted by atomic mass is 9.86. The summed E-state index contributed by atoms with van der Waals surface area (Å²) in [5, 5.41) is 1.09. The largest absolute Gasteiger partial charge is 0.459 e. The van der Waals surface area contributed by atoms with Gasteiger partial charge in [-0.3, -0.25) is 0 Å². The number of halogens is 3. The van der Waals surface area contributed by atoms with Crippen LogP contribution >= 0.6 is 35.6 Å². The molecular weight excluding hydrogens is 369 g/mol. The van der Waals surface area contributed by atoms with E-state index in [0.717, 1.165) is 31.4 Å². The van der Waals surface area contributed by atoms with Crippen molar-refractivity contribution in [3.63, 3.8) is 0 Å². The van der Waals surface area contributed by atoms with Crippen molar-refractivity contribution >= 4 is 47.7 Å². The van der Waals surface area contributed by atoms with Crippen molar-refractivity contribution in [1.82, 2.24) is 4.90 Å². The van der Waals surface area contributed by atoms with Crippen LogP contribution in [0.15, 0.2) is 24.3 Å². The molecule has 1 aliphatic carbocycles. The zero-order chi connectivity index (χ0) is 16.8. The Labute approximate surface area is 160 Å². The minimum Gasteiger partial charge on any atom is -0.459 e. The van der Waals surface area contributed by atoms with Crippen molar-refractivity contribution in [2.75, 3.05) is 20.6 Å². The van der Waals surface area contributed by atoms with Crippen molar-refractivity contribution in [3.8, 4) is 0 Å². The van der Waals surface area contributed by atoms with Crippen LogP contribution in [0, 0.1) is 5.92 Å². The summed E-state index contributed by atoms with van der Waals surface area (Å²) >= 11 is 12.0. The molecule has 24 heavy (non-hydrogen) atoms. The molecule has 0 aromatic heterocycles. The molecule has 0 N–H and O–H groups in total. The van der Waals surface area contributed by atoms with E-state index < -0.39 is 0 Å². The third-order valence-electron chi connectivity index (χ3n) is 4.07. The zero-order valence-corrected chi connectivity index (χ0v) is 16.3. The molecule has 2 rings (SSSR count). The number of hydrogen-bond acceptors (Lipinski definition) is 3. The maximum absolute atomic E-state index is 12.1. The Kier molecular flexibility index (Phi) is 9.14. The highest BCUT2D eigenvalue weighted by Crippen LogP contribution is 2.28. The average Bonchev–Trinajstić information content (AvgIpc) is 2.48. The standard InChI is InChI=1S/C18H23Cl2NO2.ClH/c1-21(2)12-14-5-3-4-6-17(14)23-18(22)10-8-13-7-9-15(19)11-16(13)20;/h7-11,14,17H,3-6,12H2,1-2H3;1H. The summed E-state index contributed by atoms with van der Waals surface area (Å²) in [6.07, 6.45) is 7.50. The van der Waals surface area contributed by atoms with E-state index in [9.17, 15) is 4.79 Å². The normalized spacial score (nSPS) is 20.9. The van der Waals surface area contributed by atoms with Crippen molar-refractivity contribution in [3.05, 3.63) is 39.9 Å². The van der Waals surface area contributed by atoms with Gasteiger partial charge in [-0.15, -0.1) is 12.4 Å². The van der Waals surface area contributed by atoms with E-state index in [1.165, 1.54) is 12.5 Å². The first-order valence-corrected chi connectivity index (χ1v) is 8.70. The number of nitrogens with zero attached hydrogens (tertiary/aromatic N) is 1. The molecule has 0 amide bonds. The van der Waals surface area contributed by atoms with Gasteiger partial charge in [0.15, 0.2) is 0 Å². The van der Waals surface area contributed by atoms with E-state index in [4.69, 9.17) is 27.9 Å². The van der Waals surface area contributed by atoms with E-state index in [1.807, 2.05) is 0 Å². The summed E-state index contributed by atoms with van der Waals surface area (Å²) in [7, 11) is 4.10. The molecule has 0 bridgehead atoms. The van der Waals surface area contributed by atoms with Crippen molar-refractivity contribution in [2.45, 2.75) is 31.8 Å². The molecule has 1 aliphatic rings. The Morgan fingerprint density at radius 3 is 2.67 bits per heavy atom. The predicted octanol–water partition coefficient (Wildman–Crippen LogP) is 5.09. The van der Waals surface area contributed by atoms with Gasteiger partial charge in [0.1, 0.15) is 6.10 Å². The van der Waals surface area contributed by atoms with Crippen LogP contribution in [0.25, 0.3) is 6.08 Å². The Balaban J connectivity index is 0.00000288. The maximum Gasteiger partial charge on any atom is 0.331 e. The Morgan fingerprint density at radius 2 is 2.00 bits per heavy atom. The van der Waals surface area contributed by atoms with Gasteiger partial charge in [0.25, 0.3) is 0 Å². The van der Waals surface area contributed by atoms with Gasteiger partial charge in [-0.1, -0.05) is 35.7 Å². The van der Waals surface area contributed by atoms with Crippen molar-refractivity contribution < 1.29 is 9.53 Å². The summed E-state index contributed by atoms with van der Waals surface area (Å²) in [5.41, 5.74) is 0.751. The molecule has 3 nitrogen and oxygen atoms in total. The van der Waals surface area contributed by atoms with Crippen molar-refractivity contribution in [1.29, 1.82) is 0 Å². The molecule has 1 aromatic rings. The van der Waals surface area contributed by atoms with Gasteiger partial charge < -0.3 is 9.64 Å². The van der Waals surface area contributed by atoms with Gasteiger partial charge in [-0.25, -0.2) is 4.79 Å². The number of rotatable bonds is 5. The predicted molar refractivity (Wildman–Crippen MR) is 103 cm³/mol. The molecule has 134 valence electrons. The second-order valence-electron chi connectivity index (χ2n) is 6.28. The number of carbonyl (C=O) groups is 1. The van der Waals surface area contributed by atoms with E-state index in [0.29, 0.717) is 16.0 Å². The fourth-order valence-electron chi connectivity index (χ4n) is 2.99. The van der Waals surface area contributed by atoms with Crippen LogP contribution in [0.2, 0.25) is 10.0 Å². The number of benzene rings is 1. The lowest BCUT2D eigenvalue weighted by Crippen LogP contribution is -2.36. The highest BCUT2D eigenvalue weighted by atomic mass is 35.5. The summed E-state index contributed by atoms with van der Waals surface area (Å²) < 4.78 is 5.67. The average molecular weight is 393 g/mol. The second kappa shape index (κ2) is 10.3. The van der Waals surface area contributed by atoms with E-state index in [-0.39, 0.29) is 24.5 Å². The van der Waals surface area contributed by atoms with Gasteiger partial charge >= 0.3 is 5.97 Å². The molecule has 0 radical (unpaired) electrons. The van der Waals surface area contributed by atoms with Gasteiger partial charge in [0.2, 0.25) is 0 Å². The summed E-state index contributed by atoms with van der Waals surface area (Å²) in [5.74, 6) is 0.0990. The van der Waals surface area contributed by atoms with Crippen LogP contribution in [0.4, 0.5) is 0 Å². The molecule has 1 fully saturated rings. The minimum absolute atomic E-state index is 0. The molecule has 2 unspecified atom stereocenters. The van der Waals surface area contributed by atoms with E-state index in [1.54, 1.807) is 24.3 Å². The van der Waals surface area contributed by atoms with E-state index in [2.05, 4.69) is 19.0 Å². The maximum atomic E-state index is 12.1. The lowest BCUT2D eigenvalue weighted by Gasteiger charge is -2.32. The smallest absolute Gasteiger partial charge is 0.331 e. The first kappa shape index (κ1) is 21.3. The Morgan fingerprint density at radius 1 is 1.29 bits per heavy atom. The molecule has 1 saturated carbocycles.